The molecule has 0 radical (unpaired) electrons. The standard InChI is InChI=1S/C10H12N2O/c1-2-8-3-4-12-6-9(7-13)11-10(12)5-8/h3-6,13H,2,7H2,1H3. The third-order valence-corrected chi connectivity index (χ3v) is 2.14. The van der Waals surface area contributed by atoms with Gasteiger partial charge in [0.05, 0.1) is 12.3 Å². The van der Waals surface area contributed by atoms with Crippen molar-refractivity contribution in [2.75, 3.05) is 0 Å². The number of fused-ring (bicyclic) bond motifs is 1. The molecule has 0 bridgehead atoms. The van der Waals surface area contributed by atoms with E-state index in [1.807, 2.05) is 22.9 Å². The maximum absolute atomic E-state index is 8.89. The molecule has 0 fully saturated rings. The largest absolute Gasteiger partial charge is 0.390 e. The van der Waals surface area contributed by atoms with E-state index in [4.69, 9.17) is 5.11 Å². The van der Waals surface area contributed by atoms with Crippen molar-refractivity contribution in [3.8, 4) is 0 Å². The van der Waals surface area contributed by atoms with Crippen molar-refractivity contribution in [1.29, 1.82) is 0 Å². The van der Waals surface area contributed by atoms with Crippen LogP contribution >= 0.6 is 0 Å². The number of aryl methyl sites for hydroxylation is 1. The number of rotatable bonds is 2. The predicted octanol–water partition coefficient (Wildman–Crippen LogP) is 1.39. The Bertz CT molecular complexity index is 418. The Morgan fingerprint density at radius 3 is 3.08 bits per heavy atom. The highest BCUT2D eigenvalue weighted by molar-refractivity contribution is 5.42. The van der Waals surface area contributed by atoms with Crippen LogP contribution in [0.4, 0.5) is 0 Å². The lowest BCUT2D eigenvalue weighted by Gasteiger charge is -1.96. The molecule has 0 spiro atoms. The second-order valence-electron chi connectivity index (χ2n) is 3.04. The molecule has 13 heavy (non-hydrogen) atoms. The summed E-state index contributed by atoms with van der Waals surface area (Å²) >= 11 is 0. The number of pyridine rings is 1. The zero-order chi connectivity index (χ0) is 9.26. The van der Waals surface area contributed by atoms with Crippen molar-refractivity contribution in [1.82, 2.24) is 9.38 Å². The molecule has 2 aromatic heterocycles. The van der Waals surface area contributed by atoms with Crippen molar-refractivity contribution < 1.29 is 5.11 Å². The summed E-state index contributed by atoms with van der Waals surface area (Å²) in [4.78, 5) is 4.25. The smallest absolute Gasteiger partial charge is 0.137 e. The molecule has 2 rings (SSSR count). The van der Waals surface area contributed by atoms with E-state index in [2.05, 4.69) is 18.0 Å². The molecule has 3 nitrogen and oxygen atoms in total. The summed E-state index contributed by atoms with van der Waals surface area (Å²) < 4.78 is 1.92. The summed E-state index contributed by atoms with van der Waals surface area (Å²) in [6, 6.07) is 4.11. The van der Waals surface area contributed by atoms with Gasteiger partial charge in [0.2, 0.25) is 0 Å². The minimum Gasteiger partial charge on any atom is -0.390 e. The first-order chi connectivity index (χ1) is 6.33. The molecule has 0 aromatic carbocycles. The van der Waals surface area contributed by atoms with E-state index in [1.54, 1.807) is 0 Å². The van der Waals surface area contributed by atoms with Crippen LogP contribution in [0.2, 0.25) is 0 Å². The lowest BCUT2D eigenvalue weighted by molar-refractivity contribution is 0.277. The summed E-state index contributed by atoms with van der Waals surface area (Å²) in [7, 11) is 0. The predicted molar refractivity (Wildman–Crippen MR) is 50.5 cm³/mol. The minimum absolute atomic E-state index is 0.00311. The molecule has 2 heterocycles. The lowest BCUT2D eigenvalue weighted by atomic mass is 10.2. The molecule has 68 valence electrons. The monoisotopic (exact) mass is 176 g/mol. The van der Waals surface area contributed by atoms with E-state index in [1.165, 1.54) is 5.56 Å². The number of hydrogen-bond donors (Lipinski definition) is 1. The maximum atomic E-state index is 8.89. The van der Waals surface area contributed by atoms with Gasteiger partial charge in [-0.1, -0.05) is 6.92 Å². The van der Waals surface area contributed by atoms with Crippen LogP contribution in [0.5, 0.6) is 0 Å². The molecule has 0 amide bonds. The molecule has 0 unspecified atom stereocenters. The summed E-state index contributed by atoms with van der Waals surface area (Å²) in [5.74, 6) is 0. The van der Waals surface area contributed by atoms with Gasteiger partial charge >= 0.3 is 0 Å². The second-order valence-corrected chi connectivity index (χ2v) is 3.04. The molecular weight excluding hydrogens is 164 g/mol. The van der Waals surface area contributed by atoms with Crippen LogP contribution in [0.15, 0.2) is 24.5 Å². The van der Waals surface area contributed by atoms with Gasteiger partial charge < -0.3 is 9.51 Å². The highest BCUT2D eigenvalue weighted by atomic mass is 16.3. The van der Waals surface area contributed by atoms with Crippen LogP contribution in [0.1, 0.15) is 18.2 Å². The average molecular weight is 176 g/mol. The number of aliphatic hydroxyl groups is 1. The first-order valence-electron chi connectivity index (χ1n) is 4.41. The number of imidazole rings is 1. The molecular formula is C10H12N2O. The van der Waals surface area contributed by atoms with Crippen LogP contribution in [0.3, 0.4) is 0 Å². The Hall–Kier alpha value is -1.35. The minimum atomic E-state index is 0.00311. The van der Waals surface area contributed by atoms with Gasteiger partial charge in [-0.05, 0) is 24.1 Å². The fraction of sp³-hybridized carbons (Fsp3) is 0.300. The number of aliphatic hydroxyl groups excluding tert-OH is 1. The van der Waals surface area contributed by atoms with Gasteiger partial charge in [-0.2, -0.15) is 0 Å². The van der Waals surface area contributed by atoms with E-state index < -0.39 is 0 Å². The number of hydrogen-bond acceptors (Lipinski definition) is 2. The summed E-state index contributed by atoms with van der Waals surface area (Å²) in [5.41, 5.74) is 2.89. The van der Waals surface area contributed by atoms with Gasteiger partial charge in [0.25, 0.3) is 0 Å². The van der Waals surface area contributed by atoms with Crippen molar-refractivity contribution in [3.05, 3.63) is 35.8 Å². The Kier molecular flexibility index (Phi) is 2.02. The summed E-state index contributed by atoms with van der Waals surface area (Å²) in [6.07, 6.45) is 4.83. The van der Waals surface area contributed by atoms with E-state index in [0.29, 0.717) is 5.69 Å². The van der Waals surface area contributed by atoms with Gasteiger partial charge in [0, 0.05) is 12.4 Å². The fourth-order valence-corrected chi connectivity index (χ4v) is 1.37. The Labute approximate surface area is 76.7 Å². The topological polar surface area (TPSA) is 37.5 Å². The first-order valence-corrected chi connectivity index (χ1v) is 4.41. The molecule has 0 aliphatic rings. The highest BCUT2D eigenvalue weighted by Gasteiger charge is 1.99. The van der Waals surface area contributed by atoms with E-state index in [-0.39, 0.29) is 6.61 Å². The summed E-state index contributed by atoms with van der Waals surface area (Å²) in [6.45, 7) is 2.12. The van der Waals surface area contributed by atoms with Crippen molar-refractivity contribution in [2.24, 2.45) is 0 Å². The second kappa shape index (κ2) is 3.18. The molecule has 1 N–H and O–H groups in total. The van der Waals surface area contributed by atoms with Crippen LogP contribution in [-0.2, 0) is 13.0 Å². The van der Waals surface area contributed by atoms with Gasteiger partial charge in [0.15, 0.2) is 0 Å². The van der Waals surface area contributed by atoms with Crippen molar-refractivity contribution >= 4 is 5.65 Å². The zero-order valence-electron chi connectivity index (χ0n) is 7.57. The van der Waals surface area contributed by atoms with Gasteiger partial charge in [-0.3, -0.25) is 0 Å². The van der Waals surface area contributed by atoms with Crippen LogP contribution < -0.4 is 0 Å². The quantitative estimate of drug-likeness (QED) is 0.750. The molecule has 0 atom stereocenters. The third-order valence-electron chi connectivity index (χ3n) is 2.14. The SMILES string of the molecule is CCc1ccn2cc(CO)nc2c1. The zero-order valence-corrected chi connectivity index (χ0v) is 7.57. The Balaban J connectivity index is 2.57. The number of aromatic nitrogens is 2. The van der Waals surface area contributed by atoms with E-state index in [9.17, 15) is 0 Å². The third kappa shape index (κ3) is 1.42. The van der Waals surface area contributed by atoms with Gasteiger partial charge in [-0.25, -0.2) is 4.98 Å². The Morgan fingerprint density at radius 2 is 2.38 bits per heavy atom. The van der Waals surface area contributed by atoms with Crippen molar-refractivity contribution in [3.63, 3.8) is 0 Å². The number of nitrogens with zero attached hydrogens (tertiary/aromatic N) is 2. The maximum Gasteiger partial charge on any atom is 0.137 e. The average Bonchev–Trinajstić information content (AvgIpc) is 2.58. The van der Waals surface area contributed by atoms with Gasteiger partial charge in [0.1, 0.15) is 5.65 Å². The Morgan fingerprint density at radius 1 is 1.54 bits per heavy atom. The normalized spacial score (nSPS) is 10.9. The first kappa shape index (κ1) is 8.26. The highest BCUT2D eigenvalue weighted by Crippen LogP contribution is 2.08. The molecule has 0 saturated heterocycles. The molecule has 3 heteroatoms. The molecule has 0 aliphatic heterocycles. The van der Waals surface area contributed by atoms with Crippen molar-refractivity contribution in [2.45, 2.75) is 20.0 Å². The van der Waals surface area contributed by atoms with E-state index in [0.717, 1.165) is 12.1 Å². The van der Waals surface area contributed by atoms with Gasteiger partial charge in [-0.15, -0.1) is 0 Å². The summed E-state index contributed by atoms with van der Waals surface area (Å²) in [5, 5.41) is 8.89. The molecule has 2 aromatic rings. The van der Waals surface area contributed by atoms with E-state index >= 15 is 0 Å². The van der Waals surface area contributed by atoms with Crippen LogP contribution in [0.25, 0.3) is 5.65 Å². The molecule has 0 saturated carbocycles. The van der Waals surface area contributed by atoms with Crippen LogP contribution in [-0.4, -0.2) is 14.5 Å². The fourth-order valence-electron chi connectivity index (χ4n) is 1.37. The molecule has 0 aliphatic carbocycles. The van der Waals surface area contributed by atoms with Crippen LogP contribution in [0, 0.1) is 0 Å². The lowest BCUT2D eigenvalue weighted by Crippen LogP contribution is -1.85.